The molecule has 1 atom stereocenters. The van der Waals surface area contributed by atoms with Crippen molar-refractivity contribution in [2.24, 2.45) is 5.92 Å². The van der Waals surface area contributed by atoms with Crippen molar-refractivity contribution in [3.05, 3.63) is 58.2 Å². The van der Waals surface area contributed by atoms with Crippen LogP contribution >= 0.6 is 0 Å². The first-order valence-corrected chi connectivity index (χ1v) is 8.55. The maximum absolute atomic E-state index is 13.1. The average molecular weight is 360 g/mol. The third-order valence-electron chi connectivity index (χ3n) is 4.48. The maximum atomic E-state index is 13.1. The second-order valence-corrected chi connectivity index (χ2v) is 6.69. The van der Waals surface area contributed by atoms with Crippen LogP contribution in [0.15, 0.2) is 24.3 Å². The highest BCUT2D eigenvalue weighted by Gasteiger charge is 2.23. The number of aromatic amines is 1. The van der Waals surface area contributed by atoms with Crippen molar-refractivity contribution >= 4 is 11.8 Å². The Bertz CT molecular complexity index is 794. The molecule has 1 aromatic carbocycles. The molecule has 0 radical (unpaired) electrons. The van der Waals surface area contributed by atoms with Gasteiger partial charge in [0.05, 0.1) is 24.9 Å². The van der Waals surface area contributed by atoms with Crippen LogP contribution in [-0.4, -0.2) is 30.4 Å². The average Bonchev–Trinajstić information content (AvgIpc) is 2.90. The molecule has 26 heavy (non-hydrogen) atoms. The summed E-state index contributed by atoms with van der Waals surface area (Å²) in [6, 6.07) is 6.18. The third-order valence-corrected chi connectivity index (χ3v) is 4.48. The van der Waals surface area contributed by atoms with Crippen LogP contribution in [0.1, 0.15) is 57.6 Å². The van der Waals surface area contributed by atoms with E-state index in [9.17, 15) is 14.0 Å². The molecule has 140 valence electrons. The number of ether oxygens (including phenoxy) is 1. The molecule has 0 saturated carbocycles. The van der Waals surface area contributed by atoms with Gasteiger partial charge in [-0.2, -0.15) is 0 Å². The predicted octanol–water partition coefficient (Wildman–Crippen LogP) is 3.73. The number of nitrogens with one attached hydrogen (secondary N) is 2. The monoisotopic (exact) mass is 360 g/mol. The van der Waals surface area contributed by atoms with Crippen molar-refractivity contribution in [1.82, 2.24) is 10.3 Å². The summed E-state index contributed by atoms with van der Waals surface area (Å²) < 4.78 is 17.9. The number of methoxy groups -OCH3 is 1. The summed E-state index contributed by atoms with van der Waals surface area (Å²) in [4.78, 5) is 27.5. The van der Waals surface area contributed by atoms with E-state index >= 15 is 0 Å². The lowest BCUT2D eigenvalue weighted by Crippen LogP contribution is -2.31. The number of benzene rings is 1. The highest BCUT2D eigenvalue weighted by atomic mass is 19.1. The number of H-pyrrole nitrogens is 1. The number of aromatic nitrogens is 1. The lowest BCUT2D eigenvalue weighted by Gasteiger charge is -2.22. The Labute approximate surface area is 152 Å². The van der Waals surface area contributed by atoms with E-state index in [0.717, 1.165) is 5.56 Å². The molecule has 2 aromatic rings. The van der Waals surface area contributed by atoms with Crippen LogP contribution in [0, 0.1) is 25.6 Å². The zero-order valence-corrected chi connectivity index (χ0v) is 15.8. The van der Waals surface area contributed by atoms with Crippen molar-refractivity contribution < 1.29 is 18.7 Å². The minimum Gasteiger partial charge on any atom is -0.465 e. The van der Waals surface area contributed by atoms with Crippen molar-refractivity contribution in [2.75, 3.05) is 13.7 Å². The minimum atomic E-state index is -0.463. The molecule has 2 N–H and O–H groups in total. The van der Waals surface area contributed by atoms with Gasteiger partial charge in [-0.25, -0.2) is 9.18 Å². The molecule has 5 nitrogen and oxygen atoms in total. The fraction of sp³-hybridized carbons (Fsp3) is 0.400. The number of hydrogen-bond acceptors (Lipinski definition) is 4. The molecule has 0 saturated heterocycles. The Morgan fingerprint density at radius 2 is 1.81 bits per heavy atom. The standard InChI is InChI=1S/C20H25FN2O3/c1-11(2)18(14-6-8-15(21)9-7-14)22-10-16(24)19-12(3)17(13(4)23-19)20(25)26-5/h6-9,11,18,22-23H,10H2,1-5H3/t18-/m1/s1. The Kier molecular flexibility index (Phi) is 6.32. The van der Waals surface area contributed by atoms with E-state index in [-0.39, 0.29) is 30.1 Å². The second-order valence-electron chi connectivity index (χ2n) is 6.69. The van der Waals surface area contributed by atoms with Gasteiger partial charge in [0.25, 0.3) is 0 Å². The number of ketones is 1. The van der Waals surface area contributed by atoms with Crippen LogP contribution in [-0.2, 0) is 4.74 Å². The number of hydrogen-bond donors (Lipinski definition) is 2. The number of rotatable bonds is 7. The minimum absolute atomic E-state index is 0.0870. The van der Waals surface area contributed by atoms with Crippen molar-refractivity contribution in [3.63, 3.8) is 0 Å². The van der Waals surface area contributed by atoms with E-state index in [0.29, 0.717) is 22.5 Å². The summed E-state index contributed by atoms with van der Waals surface area (Å²) in [6.07, 6.45) is 0. The largest absolute Gasteiger partial charge is 0.465 e. The van der Waals surface area contributed by atoms with E-state index in [1.807, 2.05) is 13.8 Å². The molecule has 0 spiro atoms. The summed E-state index contributed by atoms with van der Waals surface area (Å²) in [5.41, 5.74) is 2.91. The van der Waals surface area contributed by atoms with Crippen molar-refractivity contribution in [3.8, 4) is 0 Å². The van der Waals surface area contributed by atoms with Gasteiger partial charge >= 0.3 is 5.97 Å². The van der Waals surface area contributed by atoms with Crippen molar-refractivity contribution in [2.45, 2.75) is 33.7 Å². The molecule has 1 heterocycles. The van der Waals surface area contributed by atoms with E-state index in [4.69, 9.17) is 4.74 Å². The number of Topliss-reactive ketones (excluding diaryl/α,β-unsaturated/α-hetero) is 1. The lowest BCUT2D eigenvalue weighted by molar-refractivity contribution is 0.0599. The van der Waals surface area contributed by atoms with E-state index in [2.05, 4.69) is 10.3 Å². The van der Waals surface area contributed by atoms with E-state index in [1.54, 1.807) is 26.0 Å². The van der Waals surface area contributed by atoms with Gasteiger partial charge in [0.1, 0.15) is 5.82 Å². The van der Waals surface area contributed by atoms with Gasteiger partial charge in [0, 0.05) is 11.7 Å². The van der Waals surface area contributed by atoms with Gasteiger partial charge in [-0.05, 0) is 43.0 Å². The molecular formula is C20H25FN2O3. The first kappa shape index (κ1) is 19.8. The number of halogens is 1. The molecule has 0 amide bonds. The first-order valence-electron chi connectivity index (χ1n) is 8.55. The van der Waals surface area contributed by atoms with Gasteiger partial charge in [-0.1, -0.05) is 26.0 Å². The smallest absolute Gasteiger partial charge is 0.339 e. The van der Waals surface area contributed by atoms with Crippen molar-refractivity contribution in [1.29, 1.82) is 0 Å². The number of carbonyl (C=O) groups excluding carboxylic acids is 2. The summed E-state index contributed by atoms with van der Waals surface area (Å²) in [5, 5.41) is 3.24. The molecule has 0 aliphatic carbocycles. The lowest BCUT2D eigenvalue weighted by atomic mass is 9.95. The second kappa shape index (κ2) is 8.27. The van der Waals surface area contributed by atoms with E-state index in [1.165, 1.54) is 19.2 Å². The van der Waals surface area contributed by atoms with Crippen LogP contribution < -0.4 is 5.32 Å². The summed E-state index contributed by atoms with van der Waals surface area (Å²) in [6.45, 7) is 7.62. The van der Waals surface area contributed by atoms with Crippen LogP contribution in [0.5, 0.6) is 0 Å². The molecule has 0 aliphatic heterocycles. The quantitative estimate of drug-likeness (QED) is 0.583. The normalized spacial score (nSPS) is 12.3. The predicted molar refractivity (Wildman–Crippen MR) is 97.9 cm³/mol. The summed E-state index contributed by atoms with van der Waals surface area (Å²) in [7, 11) is 1.31. The highest BCUT2D eigenvalue weighted by molar-refractivity contribution is 6.02. The zero-order chi connectivity index (χ0) is 19.4. The van der Waals surface area contributed by atoms with Crippen LogP contribution in [0.2, 0.25) is 0 Å². The van der Waals surface area contributed by atoms with Crippen LogP contribution in [0.4, 0.5) is 4.39 Å². The van der Waals surface area contributed by atoms with Gasteiger partial charge in [0.15, 0.2) is 5.78 Å². The fourth-order valence-corrected chi connectivity index (χ4v) is 3.14. The third kappa shape index (κ3) is 4.19. The first-order chi connectivity index (χ1) is 12.3. The summed E-state index contributed by atoms with van der Waals surface area (Å²) >= 11 is 0. The zero-order valence-electron chi connectivity index (χ0n) is 15.8. The molecule has 0 aliphatic rings. The number of esters is 1. The molecule has 0 fully saturated rings. The molecule has 0 bridgehead atoms. The van der Waals surface area contributed by atoms with E-state index < -0.39 is 5.97 Å². The van der Waals surface area contributed by atoms with Gasteiger partial charge in [-0.15, -0.1) is 0 Å². The maximum Gasteiger partial charge on any atom is 0.339 e. The Morgan fingerprint density at radius 3 is 2.35 bits per heavy atom. The fourth-order valence-electron chi connectivity index (χ4n) is 3.14. The number of carbonyl (C=O) groups is 2. The topological polar surface area (TPSA) is 71.2 Å². The molecule has 2 rings (SSSR count). The van der Waals surface area contributed by atoms with Gasteiger partial charge in [-0.3, -0.25) is 4.79 Å². The Morgan fingerprint density at radius 1 is 1.19 bits per heavy atom. The van der Waals surface area contributed by atoms with Crippen LogP contribution in [0.25, 0.3) is 0 Å². The highest BCUT2D eigenvalue weighted by Crippen LogP contribution is 2.23. The van der Waals surface area contributed by atoms with Gasteiger partial charge < -0.3 is 15.0 Å². The Hall–Kier alpha value is -2.47. The SMILES string of the molecule is COC(=O)c1c(C)[nH]c(C(=O)CN[C@@H](c2ccc(F)cc2)C(C)C)c1C. The van der Waals surface area contributed by atoms with Gasteiger partial charge in [0.2, 0.25) is 0 Å². The summed E-state index contributed by atoms with van der Waals surface area (Å²) in [5.74, 6) is -0.686. The molecular weight excluding hydrogens is 335 g/mol. The Balaban J connectivity index is 2.16. The molecule has 6 heteroatoms. The molecule has 0 unspecified atom stereocenters. The van der Waals surface area contributed by atoms with Crippen LogP contribution in [0.3, 0.4) is 0 Å². The molecule has 1 aromatic heterocycles. The number of aryl methyl sites for hydroxylation is 1.